The molecule has 0 aliphatic heterocycles. The molecule has 1 fully saturated rings. The Morgan fingerprint density at radius 1 is 1.56 bits per heavy atom. The van der Waals surface area contributed by atoms with Crippen LogP contribution in [0.4, 0.5) is 0 Å². The van der Waals surface area contributed by atoms with Crippen LogP contribution in [0.1, 0.15) is 29.8 Å². The number of aromatic nitrogens is 1. The van der Waals surface area contributed by atoms with Crippen LogP contribution < -0.4 is 5.32 Å². The third-order valence-electron chi connectivity index (χ3n) is 2.82. The molecule has 1 aliphatic carbocycles. The van der Waals surface area contributed by atoms with Crippen molar-refractivity contribution in [3.8, 4) is 0 Å². The van der Waals surface area contributed by atoms with Crippen LogP contribution in [-0.2, 0) is 11.3 Å². The van der Waals surface area contributed by atoms with Gasteiger partial charge in [0.1, 0.15) is 0 Å². The monoisotopic (exact) mass is 240 g/mol. The van der Waals surface area contributed by atoms with E-state index < -0.39 is 0 Å². The molecule has 0 aromatic carbocycles. The highest BCUT2D eigenvalue weighted by Crippen LogP contribution is 2.28. The third kappa shape index (κ3) is 4.20. The van der Waals surface area contributed by atoms with Crippen LogP contribution in [0.15, 0.2) is 5.51 Å². The van der Waals surface area contributed by atoms with Crippen molar-refractivity contribution in [2.75, 3.05) is 19.8 Å². The molecular formula is C12H20N2OS. The Morgan fingerprint density at radius 2 is 2.44 bits per heavy atom. The maximum absolute atomic E-state index is 5.57. The Bertz CT molecular complexity index is 310. The standard InChI is InChI=1S/C12H20N2OS/c1-10-12(16-9-14-10)7-13-5-2-6-15-8-11-3-4-11/h9,11,13H,2-8H2,1H3. The summed E-state index contributed by atoms with van der Waals surface area (Å²) in [6.07, 6.45) is 3.86. The topological polar surface area (TPSA) is 34.2 Å². The fourth-order valence-electron chi connectivity index (χ4n) is 1.53. The number of nitrogens with zero attached hydrogens (tertiary/aromatic N) is 1. The number of aryl methyl sites for hydroxylation is 1. The van der Waals surface area contributed by atoms with Gasteiger partial charge in [-0.15, -0.1) is 11.3 Å². The highest BCUT2D eigenvalue weighted by molar-refractivity contribution is 7.09. The Morgan fingerprint density at radius 3 is 3.12 bits per heavy atom. The lowest BCUT2D eigenvalue weighted by Gasteiger charge is -2.04. The fourth-order valence-corrected chi connectivity index (χ4v) is 2.28. The quantitative estimate of drug-likeness (QED) is 0.708. The molecule has 1 aliphatic rings. The van der Waals surface area contributed by atoms with E-state index in [1.165, 1.54) is 17.7 Å². The summed E-state index contributed by atoms with van der Waals surface area (Å²) in [5.74, 6) is 0.882. The molecule has 1 N–H and O–H groups in total. The lowest BCUT2D eigenvalue weighted by atomic mass is 10.4. The average Bonchev–Trinajstić information content (AvgIpc) is 3.01. The molecule has 1 saturated carbocycles. The molecule has 0 radical (unpaired) electrons. The Balaban J connectivity index is 1.44. The molecule has 1 aromatic heterocycles. The Kier molecular flexibility index (Phi) is 4.75. The first-order valence-corrected chi connectivity index (χ1v) is 6.91. The maximum atomic E-state index is 5.57. The van der Waals surface area contributed by atoms with Crippen LogP contribution in [0.2, 0.25) is 0 Å². The summed E-state index contributed by atoms with van der Waals surface area (Å²) in [4.78, 5) is 5.57. The second kappa shape index (κ2) is 6.33. The van der Waals surface area contributed by atoms with Gasteiger partial charge in [0.15, 0.2) is 0 Å². The summed E-state index contributed by atoms with van der Waals surface area (Å²) in [7, 11) is 0. The Labute approximate surface area is 101 Å². The second-order valence-corrected chi connectivity index (χ2v) is 5.35. The van der Waals surface area contributed by atoms with Crippen molar-refractivity contribution in [3.05, 3.63) is 16.1 Å². The van der Waals surface area contributed by atoms with Crippen LogP contribution in [0, 0.1) is 12.8 Å². The van der Waals surface area contributed by atoms with Gasteiger partial charge in [-0.3, -0.25) is 0 Å². The average molecular weight is 240 g/mol. The summed E-state index contributed by atoms with van der Waals surface area (Å²) >= 11 is 1.73. The molecule has 16 heavy (non-hydrogen) atoms. The number of hydrogen-bond acceptors (Lipinski definition) is 4. The molecule has 0 unspecified atom stereocenters. The molecule has 90 valence electrons. The predicted molar refractivity (Wildman–Crippen MR) is 66.7 cm³/mol. The summed E-state index contributed by atoms with van der Waals surface area (Å²) in [5.41, 5.74) is 3.06. The highest BCUT2D eigenvalue weighted by atomic mass is 32.1. The van der Waals surface area contributed by atoms with Crippen molar-refractivity contribution < 1.29 is 4.74 Å². The minimum Gasteiger partial charge on any atom is -0.381 e. The van der Waals surface area contributed by atoms with Gasteiger partial charge in [0.2, 0.25) is 0 Å². The number of nitrogens with one attached hydrogen (secondary N) is 1. The highest BCUT2D eigenvalue weighted by Gasteiger charge is 2.20. The molecule has 1 heterocycles. The third-order valence-corrected chi connectivity index (χ3v) is 3.76. The smallest absolute Gasteiger partial charge is 0.0798 e. The lowest BCUT2D eigenvalue weighted by Crippen LogP contribution is -2.16. The molecule has 2 rings (SSSR count). The fraction of sp³-hybridized carbons (Fsp3) is 0.750. The first kappa shape index (κ1) is 12.0. The SMILES string of the molecule is Cc1ncsc1CNCCCOCC1CC1. The van der Waals surface area contributed by atoms with E-state index in [1.54, 1.807) is 11.3 Å². The van der Waals surface area contributed by atoms with E-state index in [9.17, 15) is 0 Å². The zero-order valence-electron chi connectivity index (χ0n) is 9.87. The van der Waals surface area contributed by atoms with Crippen LogP contribution in [0.25, 0.3) is 0 Å². The zero-order valence-corrected chi connectivity index (χ0v) is 10.7. The molecule has 0 spiro atoms. The molecule has 0 amide bonds. The van der Waals surface area contributed by atoms with E-state index >= 15 is 0 Å². The van der Waals surface area contributed by atoms with Crippen molar-refractivity contribution in [1.29, 1.82) is 0 Å². The van der Waals surface area contributed by atoms with Crippen molar-refractivity contribution in [2.24, 2.45) is 5.92 Å². The predicted octanol–water partition coefficient (Wildman–Crippen LogP) is 2.36. The Hall–Kier alpha value is -0.450. The normalized spacial score (nSPS) is 15.6. The number of ether oxygens (including phenoxy) is 1. The van der Waals surface area contributed by atoms with Crippen molar-refractivity contribution in [1.82, 2.24) is 10.3 Å². The summed E-state index contributed by atoms with van der Waals surface area (Å²) in [5, 5.41) is 3.42. The molecule has 3 nitrogen and oxygen atoms in total. The first-order valence-electron chi connectivity index (χ1n) is 6.03. The van der Waals surface area contributed by atoms with Gasteiger partial charge in [0.25, 0.3) is 0 Å². The number of thiazole rings is 1. The van der Waals surface area contributed by atoms with Gasteiger partial charge in [0, 0.05) is 24.6 Å². The minimum atomic E-state index is 0.882. The maximum Gasteiger partial charge on any atom is 0.0798 e. The van der Waals surface area contributed by atoms with Gasteiger partial charge < -0.3 is 10.1 Å². The van der Waals surface area contributed by atoms with Gasteiger partial charge >= 0.3 is 0 Å². The first-order chi connectivity index (χ1) is 7.86. The van der Waals surface area contributed by atoms with Gasteiger partial charge in [-0.2, -0.15) is 0 Å². The van der Waals surface area contributed by atoms with E-state index in [0.717, 1.165) is 44.3 Å². The van der Waals surface area contributed by atoms with Crippen LogP contribution in [0.5, 0.6) is 0 Å². The number of rotatable bonds is 8. The second-order valence-electron chi connectivity index (χ2n) is 4.41. The summed E-state index contributed by atoms with van der Waals surface area (Å²) in [6.45, 7) is 5.91. The van der Waals surface area contributed by atoms with E-state index in [-0.39, 0.29) is 0 Å². The lowest BCUT2D eigenvalue weighted by molar-refractivity contribution is 0.122. The van der Waals surface area contributed by atoms with Crippen LogP contribution in [0.3, 0.4) is 0 Å². The summed E-state index contributed by atoms with van der Waals surface area (Å²) in [6, 6.07) is 0. The molecule has 4 heteroatoms. The van der Waals surface area contributed by atoms with E-state index in [2.05, 4.69) is 17.2 Å². The van der Waals surface area contributed by atoms with Crippen molar-refractivity contribution >= 4 is 11.3 Å². The van der Waals surface area contributed by atoms with E-state index in [4.69, 9.17) is 4.74 Å². The zero-order chi connectivity index (χ0) is 11.2. The van der Waals surface area contributed by atoms with Crippen LogP contribution in [-0.4, -0.2) is 24.7 Å². The van der Waals surface area contributed by atoms with Gasteiger partial charge in [-0.05, 0) is 38.6 Å². The van der Waals surface area contributed by atoms with Crippen LogP contribution >= 0.6 is 11.3 Å². The van der Waals surface area contributed by atoms with E-state index in [1.807, 2.05) is 5.51 Å². The molecular weight excluding hydrogens is 220 g/mol. The van der Waals surface area contributed by atoms with Gasteiger partial charge in [0.05, 0.1) is 11.2 Å². The van der Waals surface area contributed by atoms with E-state index in [0.29, 0.717) is 0 Å². The van der Waals surface area contributed by atoms with Crippen molar-refractivity contribution in [3.63, 3.8) is 0 Å². The number of hydrogen-bond donors (Lipinski definition) is 1. The molecule has 0 atom stereocenters. The molecule has 1 aromatic rings. The largest absolute Gasteiger partial charge is 0.381 e. The molecule has 0 bridgehead atoms. The summed E-state index contributed by atoms with van der Waals surface area (Å²) < 4.78 is 5.57. The van der Waals surface area contributed by atoms with Gasteiger partial charge in [-0.25, -0.2) is 4.98 Å². The van der Waals surface area contributed by atoms with Gasteiger partial charge in [-0.1, -0.05) is 0 Å². The van der Waals surface area contributed by atoms with Crippen molar-refractivity contribution in [2.45, 2.75) is 32.7 Å². The molecule has 0 saturated heterocycles. The minimum absolute atomic E-state index is 0.882.